The van der Waals surface area contributed by atoms with Gasteiger partial charge in [-0.3, -0.25) is 4.68 Å². The SMILES string of the molecule is Cc1c(Nc2nc3ccccc3s2)nnc2c1CCCN2c1ccc(-c2cnn(CC34CC5(OCC[N+]6(C)CCCCCC6)C[C@](C)(C3)C[C@](C)(C4)C5)c2C)c(C(=O)O)n1. The van der Waals surface area contributed by atoms with Gasteiger partial charge in [-0.2, -0.15) is 5.10 Å². The monoisotopic (exact) mass is 830 g/mol. The van der Waals surface area contributed by atoms with Crippen LogP contribution in [0.4, 0.5) is 22.6 Å². The second-order valence-electron chi connectivity index (χ2n) is 20.4. The van der Waals surface area contributed by atoms with Crippen molar-refractivity contribution < 1.29 is 19.1 Å². The Morgan fingerprint density at radius 3 is 2.43 bits per heavy atom. The predicted molar refractivity (Wildman–Crippen MR) is 236 cm³/mol. The van der Waals surface area contributed by atoms with Crippen molar-refractivity contribution in [1.82, 2.24) is 29.9 Å². The molecule has 2 aliphatic heterocycles. The number of nitrogens with one attached hydrogen (secondary N) is 1. The summed E-state index contributed by atoms with van der Waals surface area (Å²) in [5.74, 6) is 0.877. The number of fused-ring (bicyclic) bond motifs is 2. The number of rotatable bonds is 11. The van der Waals surface area contributed by atoms with E-state index in [0.29, 0.717) is 29.6 Å². The van der Waals surface area contributed by atoms with Crippen molar-refractivity contribution in [2.75, 3.05) is 50.1 Å². The molecule has 6 aliphatic rings. The molecule has 2 unspecified atom stereocenters. The van der Waals surface area contributed by atoms with Crippen molar-refractivity contribution in [2.24, 2.45) is 16.2 Å². The molecule has 5 fully saturated rings. The number of carboxylic acid groups (broad SMARTS) is 1. The molecule has 11 rings (SSSR count). The lowest BCUT2D eigenvalue weighted by Crippen LogP contribution is -2.64. The van der Waals surface area contributed by atoms with Gasteiger partial charge in [-0.25, -0.2) is 14.8 Å². The molecule has 13 heteroatoms. The Bertz CT molecular complexity index is 2420. The number of anilines is 4. The van der Waals surface area contributed by atoms with Gasteiger partial charge >= 0.3 is 5.97 Å². The molecule has 4 aliphatic carbocycles. The summed E-state index contributed by atoms with van der Waals surface area (Å²) in [7, 11) is 2.44. The highest BCUT2D eigenvalue weighted by atomic mass is 32.1. The number of pyridine rings is 1. The normalized spacial score (nSPS) is 28.2. The number of carbonyl (C=O) groups is 1. The molecular formula is C47H60N9O3S+. The minimum atomic E-state index is -1.06. The summed E-state index contributed by atoms with van der Waals surface area (Å²) >= 11 is 1.58. The van der Waals surface area contributed by atoms with E-state index in [1.54, 1.807) is 11.3 Å². The van der Waals surface area contributed by atoms with Crippen molar-refractivity contribution >= 4 is 50.1 Å². The topological polar surface area (TPSA) is 131 Å². The fourth-order valence-corrected chi connectivity index (χ4v) is 14.3. The number of hydrogen-bond donors (Lipinski definition) is 2. The quantitative estimate of drug-likeness (QED) is 0.124. The Morgan fingerprint density at radius 1 is 0.917 bits per heavy atom. The summed E-state index contributed by atoms with van der Waals surface area (Å²) < 4.78 is 11.6. The van der Waals surface area contributed by atoms with Crippen LogP contribution in [-0.2, 0) is 17.7 Å². The molecule has 60 heavy (non-hydrogen) atoms. The molecule has 316 valence electrons. The average molecular weight is 831 g/mol. The van der Waals surface area contributed by atoms with Crippen LogP contribution in [0.25, 0.3) is 21.3 Å². The maximum absolute atomic E-state index is 13.0. The van der Waals surface area contributed by atoms with Gasteiger partial charge in [0.05, 0.1) is 48.8 Å². The first-order valence-electron chi connectivity index (χ1n) is 22.3. The van der Waals surface area contributed by atoms with Crippen LogP contribution in [0.2, 0.25) is 0 Å². The molecule has 4 atom stereocenters. The lowest BCUT2D eigenvalue weighted by Gasteiger charge is -2.69. The van der Waals surface area contributed by atoms with Crippen LogP contribution in [0.3, 0.4) is 0 Å². The van der Waals surface area contributed by atoms with E-state index in [1.807, 2.05) is 41.4 Å². The maximum Gasteiger partial charge on any atom is 0.355 e. The molecule has 1 aromatic carbocycles. The van der Waals surface area contributed by atoms with Gasteiger partial charge in [-0.15, -0.1) is 10.2 Å². The van der Waals surface area contributed by atoms with Crippen LogP contribution in [0.15, 0.2) is 42.6 Å². The number of likely N-dealkylation sites (tertiary alicyclic amines) is 1. The summed E-state index contributed by atoms with van der Waals surface area (Å²) in [5, 5.41) is 29.1. The van der Waals surface area contributed by atoms with Crippen LogP contribution in [0.1, 0.15) is 112 Å². The first kappa shape index (κ1) is 39.7. The summed E-state index contributed by atoms with van der Waals surface area (Å²) in [6, 6.07) is 11.9. The number of carboxylic acids is 1. The first-order chi connectivity index (χ1) is 28.7. The Morgan fingerprint density at radius 2 is 1.68 bits per heavy atom. The third-order valence-electron chi connectivity index (χ3n) is 15.0. The van der Waals surface area contributed by atoms with Gasteiger partial charge in [-0.1, -0.05) is 37.3 Å². The highest BCUT2D eigenvalue weighted by Gasteiger charge is 2.66. The van der Waals surface area contributed by atoms with E-state index >= 15 is 0 Å². The van der Waals surface area contributed by atoms with E-state index in [4.69, 9.17) is 19.8 Å². The van der Waals surface area contributed by atoms with Crippen LogP contribution < -0.4 is 10.2 Å². The number of para-hydroxylation sites is 1. The summed E-state index contributed by atoms with van der Waals surface area (Å²) in [5.41, 5.74) is 5.90. The van der Waals surface area contributed by atoms with Gasteiger partial charge in [-0.05, 0) is 131 Å². The zero-order valence-corrected chi connectivity index (χ0v) is 36.8. The zero-order valence-electron chi connectivity index (χ0n) is 36.0. The number of nitrogens with zero attached hydrogens (tertiary/aromatic N) is 8. The number of benzene rings is 1. The summed E-state index contributed by atoms with van der Waals surface area (Å²) in [6.45, 7) is 15.1. The van der Waals surface area contributed by atoms with Crippen LogP contribution in [-0.4, -0.2) is 90.9 Å². The number of aromatic nitrogens is 6. The van der Waals surface area contributed by atoms with Gasteiger partial charge in [0.25, 0.3) is 0 Å². The Labute approximate surface area is 357 Å². The molecule has 5 aromatic rings. The lowest BCUT2D eigenvalue weighted by atomic mass is 9.39. The predicted octanol–water partition coefficient (Wildman–Crippen LogP) is 9.64. The fourth-order valence-electron chi connectivity index (χ4n) is 13.4. The number of hydrogen-bond acceptors (Lipinski definition) is 10. The average Bonchev–Trinajstić information content (AvgIpc) is 3.69. The van der Waals surface area contributed by atoms with E-state index in [9.17, 15) is 9.90 Å². The number of likely N-dealkylation sites (N-methyl/N-ethyl adjacent to an activating group) is 1. The standard InChI is InChI=1S/C47H59N9O3S/c1-31-33-13-12-18-54(41(33)53-52-40(31)51-43-49-36-14-8-9-15-37(36)60-43)38-17-16-34(39(50-38)42(57)58)35-23-48-55(32(35)2)30-46-25-44(3)24-45(4,26-46)28-47(27-44,29-46)59-22-21-56(5)19-10-6-7-11-20-56/h8-9,14-17,23H,6-7,10-13,18-22,24-30H2,1-5H3,(H-,49,51,52,57,58)/p+1/t44-,45+,46?,47?. The largest absolute Gasteiger partial charge is 0.476 e. The van der Waals surface area contributed by atoms with E-state index in [-0.39, 0.29) is 27.5 Å². The molecule has 0 spiro atoms. The molecule has 4 saturated carbocycles. The van der Waals surface area contributed by atoms with Gasteiger partial charge in [0.1, 0.15) is 12.4 Å². The van der Waals surface area contributed by atoms with Crippen molar-refractivity contribution in [3.8, 4) is 11.1 Å². The highest BCUT2D eigenvalue weighted by molar-refractivity contribution is 7.22. The lowest BCUT2D eigenvalue weighted by molar-refractivity contribution is -0.909. The zero-order chi connectivity index (χ0) is 41.5. The van der Waals surface area contributed by atoms with Crippen molar-refractivity contribution in [3.63, 3.8) is 0 Å². The second kappa shape index (κ2) is 14.6. The molecule has 4 bridgehead atoms. The van der Waals surface area contributed by atoms with Crippen molar-refractivity contribution in [3.05, 3.63) is 65.1 Å². The number of quaternary nitrogens is 1. The molecule has 6 heterocycles. The molecule has 1 saturated heterocycles. The molecule has 4 aromatic heterocycles. The number of aromatic carboxylic acids is 1. The van der Waals surface area contributed by atoms with Gasteiger partial charge < -0.3 is 24.5 Å². The Hall–Kier alpha value is -4.46. The molecule has 0 radical (unpaired) electrons. The third kappa shape index (κ3) is 7.17. The van der Waals surface area contributed by atoms with Crippen molar-refractivity contribution in [1.29, 1.82) is 0 Å². The van der Waals surface area contributed by atoms with Gasteiger partial charge in [0.15, 0.2) is 22.5 Å². The summed E-state index contributed by atoms with van der Waals surface area (Å²) in [4.78, 5) is 24.6. The van der Waals surface area contributed by atoms with Crippen LogP contribution in [0.5, 0.6) is 0 Å². The van der Waals surface area contributed by atoms with E-state index in [0.717, 1.165) is 94.0 Å². The smallest absolute Gasteiger partial charge is 0.355 e. The van der Waals surface area contributed by atoms with E-state index in [2.05, 4.69) is 61.0 Å². The van der Waals surface area contributed by atoms with E-state index < -0.39 is 5.97 Å². The van der Waals surface area contributed by atoms with Crippen molar-refractivity contribution in [2.45, 2.75) is 117 Å². The Balaban J connectivity index is 0.893. The molecule has 12 nitrogen and oxygen atoms in total. The maximum atomic E-state index is 13.0. The highest BCUT2D eigenvalue weighted by Crippen LogP contribution is 2.72. The third-order valence-corrected chi connectivity index (χ3v) is 15.9. The van der Waals surface area contributed by atoms with Gasteiger partial charge in [0, 0.05) is 41.0 Å². The van der Waals surface area contributed by atoms with Crippen LogP contribution >= 0.6 is 11.3 Å². The molecular weight excluding hydrogens is 771 g/mol. The minimum Gasteiger partial charge on any atom is -0.476 e. The molecule has 0 amide bonds. The first-order valence-corrected chi connectivity index (χ1v) is 23.1. The molecule has 2 N–H and O–H groups in total. The van der Waals surface area contributed by atoms with Gasteiger partial charge in [0.2, 0.25) is 0 Å². The van der Waals surface area contributed by atoms with Crippen LogP contribution in [0, 0.1) is 30.1 Å². The Kier molecular flexibility index (Phi) is 9.64. The number of thiazole rings is 1. The van der Waals surface area contributed by atoms with E-state index in [1.165, 1.54) is 58.0 Å². The summed E-state index contributed by atoms with van der Waals surface area (Å²) in [6.07, 6.45) is 15.9. The fraction of sp³-hybridized carbons (Fsp3) is 0.574. The second-order valence-corrected chi connectivity index (χ2v) is 21.5. The number of ether oxygens (including phenoxy) is 1. The minimum absolute atomic E-state index is 0.0176.